The maximum absolute atomic E-state index is 15.7. The molecule has 0 amide bonds. The summed E-state index contributed by atoms with van der Waals surface area (Å²) in [4.78, 5) is 0. The molecule has 4 nitrogen and oxygen atoms in total. The third kappa shape index (κ3) is 8.14. The molecular formula is C71H53F3N4. The van der Waals surface area contributed by atoms with Gasteiger partial charge >= 0.3 is 6.18 Å². The molecule has 12 rings (SSSR count). The lowest BCUT2D eigenvalue weighted by molar-refractivity contribution is -0.137. The van der Waals surface area contributed by atoms with E-state index in [2.05, 4.69) is 218 Å². The van der Waals surface area contributed by atoms with Crippen LogP contribution in [0, 0.1) is 78.1 Å². The van der Waals surface area contributed by atoms with E-state index in [-0.39, 0.29) is 27.9 Å². The Bertz CT molecular complexity index is 4390. The van der Waals surface area contributed by atoms with Crippen LogP contribution in [0.5, 0.6) is 0 Å². The third-order valence-electron chi connectivity index (χ3n) is 15.8. The number of nitrogens with zero attached hydrogens (tertiary/aromatic N) is 4. The molecule has 378 valence electrons. The van der Waals surface area contributed by atoms with Crippen molar-refractivity contribution in [2.75, 3.05) is 0 Å². The summed E-state index contributed by atoms with van der Waals surface area (Å²) in [7, 11) is 0. The van der Waals surface area contributed by atoms with E-state index < -0.39 is 11.7 Å². The lowest BCUT2D eigenvalue weighted by Gasteiger charge is -2.23. The zero-order valence-electron chi connectivity index (χ0n) is 44.7. The first-order chi connectivity index (χ1) is 37.5. The number of nitriles is 2. The standard InChI is InChI=1S/C71H53F3N4/c1-40-12-20-53(44(5)30-40)48-16-24-57-58-25-17-49(54-21-13-41(2)31-45(54)6)35-66(58)77(65(57)34-48)64-29-28-61(69-52(38-75)10-9-11-63(69)71(72,73)74)70(62(64)39-76)78-67-36-50(55-22-14-42(3)32-46(55)7)18-26-59(67)60-27-19-51(37-68(60)78)56-23-15-43(4)33-47(56)8/h9-37H,1-8H3. The van der Waals surface area contributed by atoms with Crippen molar-refractivity contribution in [3.8, 4) is 79.1 Å². The first kappa shape index (κ1) is 49.4. The van der Waals surface area contributed by atoms with Gasteiger partial charge in [-0.15, -0.1) is 0 Å². The van der Waals surface area contributed by atoms with E-state index in [1.165, 1.54) is 12.1 Å². The first-order valence-corrected chi connectivity index (χ1v) is 26.2. The van der Waals surface area contributed by atoms with E-state index >= 15 is 13.2 Å². The Kier molecular flexibility index (Phi) is 11.8. The van der Waals surface area contributed by atoms with Gasteiger partial charge in [-0.05, 0) is 165 Å². The van der Waals surface area contributed by atoms with E-state index in [0.717, 1.165) is 128 Å². The molecule has 2 heterocycles. The summed E-state index contributed by atoms with van der Waals surface area (Å²) < 4.78 is 51.4. The van der Waals surface area contributed by atoms with Gasteiger partial charge in [0.2, 0.25) is 0 Å². The Morgan fingerprint density at radius 2 is 0.731 bits per heavy atom. The van der Waals surface area contributed by atoms with E-state index in [4.69, 9.17) is 0 Å². The van der Waals surface area contributed by atoms with Crippen LogP contribution in [0.1, 0.15) is 61.2 Å². The second kappa shape index (κ2) is 18.7. The summed E-state index contributed by atoms with van der Waals surface area (Å²) in [5, 5.41) is 26.7. The van der Waals surface area contributed by atoms with Crippen LogP contribution in [0.3, 0.4) is 0 Å². The fraction of sp³-hybridized carbons (Fsp3) is 0.127. The van der Waals surface area contributed by atoms with E-state index in [9.17, 15) is 10.5 Å². The lowest BCUT2D eigenvalue weighted by atomic mass is 9.90. The number of rotatable bonds is 7. The first-order valence-electron chi connectivity index (χ1n) is 26.2. The smallest absolute Gasteiger partial charge is 0.308 e. The average Bonchev–Trinajstić information content (AvgIpc) is 4.14. The summed E-state index contributed by atoms with van der Waals surface area (Å²) in [6, 6.07) is 62.8. The predicted octanol–water partition coefficient (Wildman–Crippen LogP) is 19.4. The monoisotopic (exact) mass is 1020 g/mol. The maximum atomic E-state index is 15.7. The molecule has 78 heavy (non-hydrogen) atoms. The highest BCUT2D eigenvalue weighted by Gasteiger charge is 2.37. The maximum Gasteiger partial charge on any atom is 0.417 e. The van der Waals surface area contributed by atoms with Gasteiger partial charge in [-0.1, -0.05) is 156 Å². The molecule has 0 aliphatic heterocycles. The van der Waals surface area contributed by atoms with Gasteiger partial charge in [0.15, 0.2) is 0 Å². The van der Waals surface area contributed by atoms with Crippen molar-refractivity contribution in [2.45, 2.75) is 61.6 Å². The van der Waals surface area contributed by atoms with Crippen molar-refractivity contribution in [1.29, 1.82) is 10.5 Å². The molecule has 12 aromatic rings. The SMILES string of the molecule is Cc1ccc(-c2ccc3c4ccc(-c5ccc(C)cc5C)cc4n(-c4ccc(-c5c(C#N)cccc5C(F)(F)F)c(-n5c6cc(-c7ccc(C)cc7C)ccc6c6ccc(-c7ccc(C)cc7C)cc65)c4C#N)c3c2)c(C)c1. The quantitative estimate of drug-likeness (QED) is 0.160. The van der Waals surface area contributed by atoms with Crippen molar-refractivity contribution in [2.24, 2.45) is 0 Å². The van der Waals surface area contributed by atoms with Crippen molar-refractivity contribution in [3.63, 3.8) is 0 Å². The van der Waals surface area contributed by atoms with Crippen molar-refractivity contribution >= 4 is 43.6 Å². The predicted molar refractivity (Wildman–Crippen MR) is 315 cm³/mol. The molecule has 0 fully saturated rings. The van der Waals surface area contributed by atoms with E-state index in [1.54, 1.807) is 12.1 Å². The Balaban J connectivity index is 1.28. The lowest BCUT2D eigenvalue weighted by Crippen LogP contribution is -2.11. The number of aryl methyl sites for hydroxylation is 8. The Labute approximate surface area is 452 Å². The number of benzene rings is 10. The minimum absolute atomic E-state index is 0.0973. The Hall–Kier alpha value is -9.43. The molecule has 0 bridgehead atoms. The molecule has 0 atom stereocenters. The van der Waals surface area contributed by atoms with Crippen LogP contribution in [-0.2, 0) is 6.18 Å². The second-order valence-corrected chi connectivity index (χ2v) is 21.2. The molecule has 0 radical (unpaired) electrons. The topological polar surface area (TPSA) is 57.4 Å². The van der Waals surface area contributed by atoms with Crippen molar-refractivity contribution in [1.82, 2.24) is 9.13 Å². The summed E-state index contributed by atoms with van der Waals surface area (Å²) >= 11 is 0. The summed E-state index contributed by atoms with van der Waals surface area (Å²) in [6.07, 6.45) is -4.86. The van der Waals surface area contributed by atoms with Crippen LogP contribution < -0.4 is 0 Å². The van der Waals surface area contributed by atoms with Gasteiger partial charge in [0.25, 0.3) is 0 Å². The number of hydrogen-bond acceptors (Lipinski definition) is 2. The van der Waals surface area contributed by atoms with Crippen LogP contribution in [0.2, 0.25) is 0 Å². The molecule has 0 unspecified atom stereocenters. The van der Waals surface area contributed by atoms with Gasteiger partial charge in [-0.2, -0.15) is 23.7 Å². The highest BCUT2D eigenvalue weighted by molar-refractivity contribution is 6.14. The third-order valence-corrected chi connectivity index (χ3v) is 15.8. The molecule has 0 N–H and O–H groups in total. The van der Waals surface area contributed by atoms with Crippen LogP contribution in [-0.4, -0.2) is 9.13 Å². The van der Waals surface area contributed by atoms with Crippen molar-refractivity contribution in [3.05, 3.63) is 237 Å². The zero-order chi connectivity index (χ0) is 54.5. The van der Waals surface area contributed by atoms with Gasteiger partial charge in [0.05, 0.1) is 50.6 Å². The highest BCUT2D eigenvalue weighted by Crippen LogP contribution is 2.48. The number of hydrogen-bond donors (Lipinski definition) is 0. The number of alkyl halides is 3. The summed E-state index contributed by atoms with van der Waals surface area (Å²) in [6.45, 7) is 16.6. The van der Waals surface area contributed by atoms with Gasteiger partial charge in [-0.3, -0.25) is 0 Å². The van der Waals surface area contributed by atoms with Gasteiger partial charge < -0.3 is 9.13 Å². The molecule has 7 heteroatoms. The number of fused-ring (bicyclic) bond motifs is 6. The number of aromatic nitrogens is 2. The van der Waals surface area contributed by atoms with E-state index in [1.807, 2.05) is 4.57 Å². The number of halogens is 3. The molecule has 0 saturated carbocycles. The van der Waals surface area contributed by atoms with Gasteiger partial charge in [0, 0.05) is 32.7 Å². The molecule has 0 saturated heterocycles. The minimum atomic E-state index is -4.86. The van der Waals surface area contributed by atoms with Gasteiger partial charge in [0.1, 0.15) is 11.6 Å². The minimum Gasteiger partial charge on any atom is -0.308 e. The Morgan fingerprint density at radius 3 is 1.06 bits per heavy atom. The second-order valence-electron chi connectivity index (χ2n) is 21.2. The normalized spacial score (nSPS) is 11.8. The van der Waals surface area contributed by atoms with E-state index in [0.29, 0.717) is 16.7 Å². The van der Waals surface area contributed by atoms with Crippen LogP contribution in [0.15, 0.2) is 176 Å². The molecule has 10 aromatic carbocycles. The van der Waals surface area contributed by atoms with Crippen LogP contribution in [0.25, 0.3) is 111 Å². The fourth-order valence-electron chi connectivity index (χ4n) is 12.2. The summed E-state index contributed by atoms with van der Waals surface area (Å²) in [5.41, 5.74) is 19.3. The highest BCUT2D eigenvalue weighted by atomic mass is 19.4. The van der Waals surface area contributed by atoms with Crippen LogP contribution in [0.4, 0.5) is 13.2 Å². The largest absolute Gasteiger partial charge is 0.417 e. The van der Waals surface area contributed by atoms with Crippen LogP contribution >= 0.6 is 0 Å². The molecular weight excluding hydrogens is 966 g/mol. The summed E-state index contributed by atoms with van der Waals surface area (Å²) in [5.74, 6) is 0. The zero-order valence-corrected chi connectivity index (χ0v) is 44.7. The Morgan fingerprint density at radius 1 is 0.372 bits per heavy atom. The molecule has 2 aromatic heterocycles. The molecule has 0 aliphatic carbocycles. The molecule has 0 aliphatic rings. The average molecular weight is 1020 g/mol. The molecule has 0 spiro atoms. The fourth-order valence-corrected chi connectivity index (χ4v) is 12.2. The van der Waals surface area contributed by atoms with Gasteiger partial charge in [-0.25, -0.2) is 0 Å². The van der Waals surface area contributed by atoms with Crippen molar-refractivity contribution < 1.29 is 13.2 Å².